The zero-order valence-corrected chi connectivity index (χ0v) is 25.1. The number of nitrogens with zero attached hydrogens (tertiary/aromatic N) is 1. The van der Waals surface area contributed by atoms with E-state index >= 15 is 0 Å². The van der Waals surface area contributed by atoms with Gasteiger partial charge in [0.1, 0.15) is 11.6 Å². The zero-order chi connectivity index (χ0) is 28.9. The van der Waals surface area contributed by atoms with Crippen LogP contribution in [0.5, 0.6) is 0 Å². The first-order valence-corrected chi connectivity index (χ1v) is 15.8. The van der Waals surface area contributed by atoms with E-state index in [9.17, 15) is 14.4 Å². The molecule has 3 heterocycles. The Morgan fingerprint density at radius 1 is 1.15 bits per heavy atom. The Bertz CT molecular complexity index is 1290. The summed E-state index contributed by atoms with van der Waals surface area (Å²) in [6, 6.07) is 4.64. The van der Waals surface area contributed by atoms with Gasteiger partial charge < -0.3 is 20.3 Å². The number of carbonyl (C=O) groups excluding carboxylic acids is 3. The summed E-state index contributed by atoms with van der Waals surface area (Å²) in [6.45, 7) is 6.80. The molecule has 2 saturated heterocycles. The van der Waals surface area contributed by atoms with Gasteiger partial charge in [0.05, 0.1) is 17.9 Å². The van der Waals surface area contributed by atoms with Crippen LogP contribution in [0.25, 0.3) is 0 Å². The van der Waals surface area contributed by atoms with E-state index in [1.165, 1.54) is 18.4 Å². The van der Waals surface area contributed by atoms with E-state index in [0.29, 0.717) is 29.1 Å². The highest BCUT2D eigenvalue weighted by molar-refractivity contribution is 6.31. The average molecular weight is 580 g/mol. The maximum absolute atomic E-state index is 14.2. The van der Waals surface area contributed by atoms with Crippen molar-refractivity contribution in [1.82, 2.24) is 10.2 Å². The fraction of sp³-hybridized carbons (Fsp3) is 0.606. The molecule has 3 fully saturated rings. The predicted octanol–water partition coefficient (Wildman–Crippen LogP) is 5.57. The van der Waals surface area contributed by atoms with Gasteiger partial charge in [0, 0.05) is 23.3 Å². The van der Waals surface area contributed by atoms with Crippen molar-refractivity contribution in [3.8, 4) is 0 Å². The highest BCUT2D eigenvalue weighted by Gasteiger charge is 2.72. The first-order chi connectivity index (χ1) is 19.7. The maximum atomic E-state index is 14.2. The Morgan fingerprint density at radius 2 is 1.98 bits per heavy atom. The second kappa shape index (κ2) is 11.2. The number of halogens is 1. The van der Waals surface area contributed by atoms with Crippen LogP contribution in [0.1, 0.15) is 70.8 Å². The summed E-state index contributed by atoms with van der Waals surface area (Å²) < 4.78 is 6.53. The number of hydrogen-bond donors (Lipinski definition) is 2. The summed E-state index contributed by atoms with van der Waals surface area (Å²) in [5, 5.41) is 6.87. The molecule has 3 aliphatic heterocycles. The minimum Gasteiger partial charge on any atom is -0.359 e. The molecule has 1 aromatic carbocycles. The number of carbonyl (C=O) groups is 3. The number of hydrogen-bond acceptors (Lipinski definition) is 4. The van der Waals surface area contributed by atoms with Gasteiger partial charge in [-0.05, 0) is 75.0 Å². The number of allylic oxidation sites excluding steroid dienone is 1. The number of anilines is 1. The number of rotatable bonds is 7. The third-order valence-corrected chi connectivity index (χ3v) is 10.9. The predicted molar refractivity (Wildman–Crippen MR) is 159 cm³/mol. The summed E-state index contributed by atoms with van der Waals surface area (Å²) in [6.07, 6.45) is 13.9. The molecular weight excluding hydrogens is 538 g/mol. The van der Waals surface area contributed by atoms with Crippen LogP contribution in [0.15, 0.2) is 42.0 Å². The number of fused-ring (bicyclic) bond motifs is 1. The SMILES string of the molecule is Cc1ccc(NC(=O)[C@@H]2[C@@H]3C=C[C@]4(O3)[C@@H]2C(=O)N(CCC2=CCCCC2)[C@H]4C(=O)N[C@@H]2CCC[C@@H](C)[C@@H]2C)cc1Cl. The van der Waals surface area contributed by atoms with E-state index in [4.69, 9.17) is 16.3 Å². The standard InChI is InChI=1S/C33H42ClN3O4/c1-19-8-7-11-25(21(19)3)36-31(39)29-33-16-14-26(41-33)27(30(38)35-23-13-12-20(2)24(34)18-23)28(33)32(40)37(29)17-15-22-9-5-4-6-10-22/h9,12-14,16,18-19,21,25-29H,4-8,10-11,15,17H2,1-3H3,(H,35,38)(H,36,39)/t19-,21+,25-,26+,27-,28+,29+,33+/m1/s1. The van der Waals surface area contributed by atoms with Gasteiger partial charge in [-0.25, -0.2) is 0 Å². The van der Waals surface area contributed by atoms with Crippen molar-refractivity contribution in [3.63, 3.8) is 0 Å². The molecule has 1 saturated carbocycles. The molecule has 41 heavy (non-hydrogen) atoms. The van der Waals surface area contributed by atoms with Crippen LogP contribution in [-0.4, -0.2) is 53.0 Å². The Balaban J connectivity index is 1.28. The Hall–Kier alpha value is -2.64. The van der Waals surface area contributed by atoms with Crippen LogP contribution in [0.3, 0.4) is 0 Å². The van der Waals surface area contributed by atoms with Crippen molar-refractivity contribution < 1.29 is 19.1 Å². The lowest BCUT2D eigenvalue weighted by atomic mass is 9.73. The second-order valence-electron chi connectivity index (χ2n) is 12.9. The van der Waals surface area contributed by atoms with E-state index in [1.807, 2.05) is 31.2 Å². The third kappa shape index (κ3) is 5.03. The summed E-state index contributed by atoms with van der Waals surface area (Å²) in [4.78, 5) is 43.9. The first kappa shape index (κ1) is 28.5. The van der Waals surface area contributed by atoms with Crippen molar-refractivity contribution >= 4 is 35.0 Å². The average Bonchev–Trinajstić information content (AvgIpc) is 3.60. The molecule has 6 rings (SSSR count). The first-order valence-electron chi connectivity index (χ1n) is 15.4. The summed E-state index contributed by atoms with van der Waals surface area (Å²) >= 11 is 6.31. The van der Waals surface area contributed by atoms with E-state index in [1.54, 1.807) is 11.0 Å². The van der Waals surface area contributed by atoms with Gasteiger partial charge in [0.25, 0.3) is 0 Å². The van der Waals surface area contributed by atoms with Crippen LogP contribution >= 0.6 is 11.6 Å². The number of aryl methyl sites for hydroxylation is 1. The molecule has 5 aliphatic rings. The van der Waals surface area contributed by atoms with Crippen LogP contribution in [0.4, 0.5) is 5.69 Å². The molecule has 0 aromatic heterocycles. The van der Waals surface area contributed by atoms with Gasteiger partial charge in [-0.1, -0.05) is 68.2 Å². The van der Waals surface area contributed by atoms with Crippen molar-refractivity contribution in [3.05, 3.63) is 52.6 Å². The second-order valence-corrected chi connectivity index (χ2v) is 13.3. The molecule has 220 valence electrons. The topological polar surface area (TPSA) is 87.7 Å². The zero-order valence-electron chi connectivity index (χ0n) is 24.3. The summed E-state index contributed by atoms with van der Waals surface area (Å²) in [5.74, 6) is -1.21. The summed E-state index contributed by atoms with van der Waals surface area (Å²) in [7, 11) is 0. The van der Waals surface area contributed by atoms with Crippen molar-refractivity contribution in [2.45, 2.75) is 95.9 Å². The molecule has 2 aliphatic carbocycles. The third-order valence-electron chi connectivity index (χ3n) is 10.5. The fourth-order valence-electron chi connectivity index (χ4n) is 7.85. The molecule has 1 spiro atoms. The van der Waals surface area contributed by atoms with Crippen molar-refractivity contribution in [1.29, 1.82) is 0 Å². The number of benzene rings is 1. The highest BCUT2D eigenvalue weighted by atomic mass is 35.5. The van der Waals surface area contributed by atoms with Gasteiger partial charge in [-0.3, -0.25) is 14.4 Å². The molecule has 7 nitrogen and oxygen atoms in total. The lowest BCUT2D eigenvalue weighted by Gasteiger charge is -2.38. The smallest absolute Gasteiger partial charge is 0.246 e. The lowest BCUT2D eigenvalue weighted by molar-refractivity contribution is -0.141. The molecule has 2 N–H and O–H groups in total. The van der Waals surface area contributed by atoms with E-state index < -0.39 is 29.6 Å². The summed E-state index contributed by atoms with van der Waals surface area (Å²) in [5.41, 5.74) is 1.69. The highest BCUT2D eigenvalue weighted by Crippen LogP contribution is 2.55. The molecule has 2 bridgehead atoms. The van der Waals surface area contributed by atoms with Gasteiger partial charge in [0.15, 0.2) is 0 Å². The van der Waals surface area contributed by atoms with Crippen LogP contribution in [0.2, 0.25) is 5.02 Å². The quantitative estimate of drug-likeness (QED) is 0.414. The monoisotopic (exact) mass is 579 g/mol. The number of likely N-dealkylation sites (tertiary alicyclic amines) is 1. The molecule has 0 unspecified atom stereocenters. The number of nitrogens with one attached hydrogen (secondary N) is 2. The number of ether oxygens (including phenoxy) is 1. The van der Waals surface area contributed by atoms with Crippen LogP contribution in [-0.2, 0) is 19.1 Å². The van der Waals surface area contributed by atoms with E-state index in [0.717, 1.165) is 44.1 Å². The Morgan fingerprint density at radius 3 is 2.73 bits per heavy atom. The van der Waals surface area contributed by atoms with Crippen LogP contribution in [0, 0.1) is 30.6 Å². The largest absolute Gasteiger partial charge is 0.359 e. The number of amides is 3. The van der Waals surface area contributed by atoms with Gasteiger partial charge in [0.2, 0.25) is 17.7 Å². The Labute approximate surface area is 248 Å². The molecule has 3 amide bonds. The van der Waals surface area contributed by atoms with Gasteiger partial charge >= 0.3 is 0 Å². The van der Waals surface area contributed by atoms with Crippen molar-refractivity contribution in [2.75, 3.05) is 11.9 Å². The fourth-order valence-corrected chi connectivity index (χ4v) is 8.03. The van der Waals surface area contributed by atoms with Crippen molar-refractivity contribution in [2.24, 2.45) is 23.7 Å². The van der Waals surface area contributed by atoms with E-state index in [-0.39, 0.29) is 23.8 Å². The minimum absolute atomic E-state index is 0.0627. The lowest BCUT2D eigenvalue weighted by Crippen LogP contribution is -2.58. The van der Waals surface area contributed by atoms with Crippen LogP contribution < -0.4 is 10.6 Å². The molecule has 1 aromatic rings. The van der Waals surface area contributed by atoms with Gasteiger partial charge in [-0.15, -0.1) is 0 Å². The van der Waals surface area contributed by atoms with Gasteiger partial charge in [-0.2, -0.15) is 0 Å². The molecule has 8 atom stereocenters. The normalized spacial score (nSPS) is 35.8. The van der Waals surface area contributed by atoms with E-state index in [2.05, 4.69) is 30.6 Å². The maximum Gasteiger partial charge on any atom is 0.246 e. The Kier molecular flexibility index (Phi) is 7.79. The molecule has 0 radical (unpaired) electrons. The minimum atomic E-state index is -1.15. The molecular formula is C33H42ClN3O4. The molecule has 8 heteroatoms.